The highest BCUT2D eigenvalue weighted by molar-refractivity contribution is 5.98. The van der Waals surface area contributed by atoms with Crippen molar-refractivity contribution in [1.82, 2.24) is 10.2 Å². The Morgan fingerprint density at radius 2 is 2.09 bits per heavy atom. The molecule has 1 unspecified atom stereocenters. The van der Waals surface area contributed by atoms with Gasteiger partial charge in [-0.1, -0.05) is 30.3 Å². The number of methoxy groups -OCH3 is 1. The summed E-state index contributed by atoms with van der Waals surface area (Å²) in [6, 6.07) is 13.9. The van der Waals surface area contributed by atoms with Crippen LogP contribution in [0.5, 0.6) is 11.5 Å². The molecule has 7 heteroatoms. The molecule has 0 radical (unpaired) electrons. The van der Waals surface area contributed by atoms with Crippen LogP contribution in [-0.4, -0.2) is 55.2 Å². The third-order valence-corrected chi connectivity index (χ3v) is 6.28. The van der Waals surface area contributed by atoms with E-state index >= 15 is 0 Å². The predicted octanol–water partition coefficient (Wildman–Crippen LogP) is 3.48. The second kappa shape index (κ2) is 9.94. The van der Waals surface area contributed by atoms with Crippen LogP contribution in [0.25, 0.3) is 0 Å². The maximum atomic E-state index is 12.0. The van der Waals surface area contributed by atoms with Crippen LogP contribution < -0.4 is 15.0 Å². The van der Waals surface area contributed by atoms with Crippen molar-refractivity contribution >= 4 is 17.6 Å². The molecule has 1 saturated heterocycles. The van der Waals surface area contributed by atoms with Crippen LogP contribution in [-0.2, 0) is 11.3 Å². The van der Waals surface area contributed by atoms with Crippen LogP contribution >= 0.6 is 0 Å². The Bertz CT molecular complexity index is 991. The summed E-state index contributed by atoms with van der Waals surface area (Å²) in [6.07, 6.45) is 2.59. The number of hydrogen-bond donors (Lipinski definition) is 2. The first kappa shape index (κ1) is 22.0. The molecule has 2 aliphatic rings. The van der Waals surface area contributed by atoms with Gasteiger partial charge in [0, 0.05) is 49.8 Å². The highest BCUT2D eigenvalue weighted by Gasteiger charge is 2.32. The number of likely N-dealkylation sites (tertiary alicyclic amines) is 1. The van der Waals surface area contributed by atoms with Crippen molar-refractivity contribution in [2.24, 2.45) is 4.99 Å². The molecule has 0 saturated carbocycles. The zero-order chi connectivity index (χ0) is 22.5. The van der Waals surface area contributed by atoms with E-state index in [1.165, 1.54) is 5.56 Å². The molecular formula is C25H32N4O3. The molecule has 2 heterocycles. The van der Waals surface area contributed by atoms with Gasteiger partial charge in [-0.05, 0) is 37.5 Å². The molecule has 1 fully saturated rings. The zero-order valence-corrected chi connectivity index (χ0v) is 18.9. The number of nitrogens with one attached hydrogen (secondary N) is 1. The number of phenolic OH excluding ortho intramolecular Hbond substituents is 1. The average molecular weight is 437 g/mol. The normalized spacial score (nSPS) is 18.2. The van der Waals surface area contributed by atoms with E-state index in [0.717, 1.165) is 56.2 Å². The topological polar surface area (TPSA) is 77.4 Å². The van der Waals surface area contributed by atoms with E-state index < -0.39 is 0 Å². The smallest absolute Gasteiger partial charge is 0.222 e. The monoisotopic (exact) mass is 436 g/mol. The molecule has 2 N–H and O–H groups in total. The Morgan fingerprint density at radius 1 is 1.25 bits per heavy atom. The SMILES string of the molecule is CCNC(=NCc1cccc(OC)c1O)N1CC(CCN2CCCC2=O)c2ccccc21. The Kier molecular flexibility index (Phi) is 6.83. The lowest BCUT2D eigenvalue weighted by atomic mass is 9.98. The average Bonchev–Trinajstić information content (AvgIpc) is 3.39. The molecule has 2 aromatic rings. The van der Waals surface area contributed by atoms with Crippen molar-refractivity contribution < 1.29 is 14.6 Å². The van der Waals surface area contributed by atoms with Gasteiger partial charge in [0.15, 0.2) is 17.5 Å². The number of amides is 1. The summed E-state index contributed by atoms with van der Waals surface area (Å²) < 4.78 is 5.22. The molecule has 170 valence electrons. The Hall–Kier alpha value is -3.22. The highest BCUT2D eigenvalue weighted by atomic mass is 16.5. The highest BCUT2D eigenvalue weighted by Crippen LogP contribution is 2.38. The zero-order valence-electron chi connectivity index (χ0n) is 18.9. The number of benzene rings is 2. The largest absolute Gasteiger partial charge is 0.504 e. The number of guanidine groups is 1. The minimum Gasteiger partial charge on any atom is -0.504 e. The van der Waals surface area contributed by atoms with Crippen LogP contribution in [0, 0.1) is 0 Å². The van der Waals surface area contributed by atoms with Gasteiger partial charge in [-0.2, -0.15) is 0 Å². The van der Waals surface area contributed by atoms with Crippen LogP contribution in [0.2, 0.25) is 0 Å². The van der Waals surface area contributed by atoms with Gasteiger partial charge in [0.25, 0.3) is 0 Å². The summed E-state index contributed by atoms with van der Waals surface area (Å²) in [7, 11) is 1.54. The van der Waals surface area contributed by atoms with Gasteiger partial charge in [-0.25, -0.2) is 4.99 Å². The van der Waals surface area contributed by atoms with Crippen LogP contribution in [0.4, 0.5) is 5.69 Å². The quantitative estimate of drug-likeness (QED) is 0.513. The number of aromatic hydroxyl groups is 1. The first-order chi connectivity index (χ1) is 15.6. The molecule has 2 aromatic carbocycles. The fraction of sp³-hybridized carbons (Fsp3) is 0.440. The number of anilines is 1. The number of aliphatic imine (C=N–C) groups is 1. The number of fused-ring (bicyclic) bond motifs is 1. The van der Waals surface area contributed by atoms with Crippen LogP contribution in [0.3, 0.4) is 0 Å². The minimum absolute atomic E-state index is 0.129. The molecule has 0 bridgehead atoms. The van der Waals surface area contributed by atoms with Crippen molar-refractivity contribution in [1.29, 1.82) is 0 Å². The molecule has 32 heavy (non-hydrogen) atoms. The van der Waals surface area contributed by atoms with Gasteiger partial charge in [0.05, 0.1) is 13.7 Å². The van der Waals surface area contributed by atoms with Gasteiger partial charge in [-0.15, -0.1) is 0 Å². The van der Waals surface area contributed by atoms with Gasteiger partial charge in [-0.3, -0.25) is 4.79 Å². The maximum absolute atomic E-state index is 12.0. The predicted molar refractivity (Wildman–Crippen MR) is 126 cm³/mol. The van der Waals surface area contributed by atoms with Gasteiger partial charge in [0.2, 0.25) is 5.91 Å². The van der Waals surface area contributed by atoms with Crippen LogP contribution in [0.1, 0.15) is 43.2 Å². The lowest BCUT2D eigenvalue weighted by Crippen LogP contribution is -2.41. The van der Waals surface area contributed by atoms with Crippen molar-refractivity contribution in [2.45, 2.75) is 38.6 Å². The number of para-hydroxylation sites is 2. The molecule has 7 nitrogen and oxygen atoms in total. The van der Waals surface area contributed by atoms with Crippen molar-refractivity contribution in [3.63, 3.8) is 0 Å². The third kappa shape index (κ3) is 4.52. The molecule has 1 amide bonds. The van der Waals surface area contributed by atoms with Crippen molar-refractivity contribution in [2.75, 3.05) is 38.2 Å². The van der Waals surface area contributed by atoms with E-state index in [-0.39, 0.29) is 11.7 Å². The van der Waals surface area contributed by atoms with E-state index in [4.69, 9.17) is 9.73 Å². The second-order valence-electron chi connectivity index (χ2n) is 8.28. The number of carbonyl (C=O) groups excluding carboxylic acids is 1. The van der Waals surface area contributed by atoms with E-state index in [9.17, 15) is 9.90 Å². The maximum Gasteiger partial charge on any atom is 0.222 e. The molecule has 2 aliphatic heterocycles. The summed E-state index contributed by atoms with van der Waals surface area (Å²) in [5, 5.41) is 13.8. The number of carbonyl (C=O) groups is 1. The number of rotatable bonds is 7. The number of nitrogens with zero attached hydrogens (tertiary/aromatic N) is 3. The Balaban J connectivity index is 1.54. The van der Waals surface area contributed by atoms with E-state index in [1.807, 2.05) is 17.0 Å². The summed E-state index contributed by atoms with van der Waals surface area (Å²) in [4.78, 5) is 21.1. The lowest BCUT2D eigenvalue weighted by Gasteiger charge is -2.23. The molecular weight excluding hydrogens is 404 g/mol. The summed E-state index contributed by atoms with van der Waals surface area (Å²) in [5.41, 5.74) is 3.17. The Labute approximate surface area is 189 Å². The van der Waals surface area contributed by atoms with Gasteiger partial charge < -0.3 is 25.0 Å². The first-order valence-electron chi connectivity index (χ1n) is 11.4. The molecule has 0 aliphatic carbocycles. The summed E-state index contributed by atoms with van der Waals surface area (Å²) in [6.45, 7) is 5.64. The van der Waals surface area contributed by atoms with Gasteiger partial charge in [0.1, 0.15) is 0 Å². The number of hydrogen-bond acceptors (Lipinski definition) is 4. The summed E-state index contributed by atoms with van der Waals surface area (Å²) >= 11 is 0. The molecule has 0 aromatic heterocycles. The van der Waals surface area contributed by atoms with Gasteiger partial charge >= 0.3 is 0 Å². The first-order valence-corrected chi connectivity index (χ1v) is 11.4. The lowest BCUT2D eigenvalue weighted by molar-refractivity contribution is -0.127. The fourth-order valence-corrected chi connectivity index (χ4v) is 4.61. The molecule has 1 atom stereocenters. The third-order valence-electron chi connectivity index (χ3n) is 6.28. The van der Waals surface area contributed by atoms with E-state index in [1.54, 1.807) is 13.2 Å². The van der Waals surface area contributed by atoms with E-state index in [0.29, 0.717) is 24.6 Å². The van der Waals surface area contributed by atoms with E-state index in [2.05, 4.69) is 41.4 Å². The molecule has 4 rings (SSSR count). The summed E-state index contributed by atoms with van der Waals surface area (Å²) in [5.74, 6) is 1.99. The Morgan fingerprint density at radius 3 is 2.84 bits per heavy atom. The van der Waals surface area contributed by atoms with Crippen molar-refractivity contribution in [3.05, 3.63) is 53.6 Å². The molecule has 0 spiro atoms. The number of phenols is 1. The number of ether oxygens (including phenoxy) is 1. The minimum atomic E-state index is 0.129. The van der Waals surface area contributed by atoms with Crippen molar-refractivity contribution in [3.8, 4) is 11.5 Å². The van der Waals surface area contributed by atoms with Crippen LogP contribution in [0.15, 0.2) is 47.5 Å². The second-order valence-corrected chi connectivity index (χ2v) is 8.28. The standard InChI is InChI=1S/C25H32N4O3/c1-3-26-25(27-16-18-8-6-11-22(32-2)24(18)31)29-17-19(20-9-4-5-10-21(20)29)13-15-28-14-7-12-23(28)30/h4-6,8-11,19,31H,3,7,12-17H2,1-2H3,(H,26,27). The fourth-order valence-electron chi connectivity index (χ4n) is 4.61.